The monoisotopic (exact) mass is 398 g/mol. The van der Waals surface area contributed by atoms with Gasteiger partial charge in [0.25, 0.3) is 5.91 Å². The van der Waals surface area contributed by atoms with Crippen molar-refractivity contribution in [3.63, 3.8) is 0 Å². The molecule has 2 N–H and O–H groups in total. The Bertz CT molecular complexity index is 771. The highest BCUT2D eigenvalue weighted by molar-refractivity contribution is 7.80. The average Bonchev–Trinajstić information content (AvgIpc) is 2.58. The van der Waals surface area contributed by atoms with Crippen LogP contribution in [0.2, 0.25) is 10.0 Å². The van der Waals surface area contributed by atoms with Gasteiger partial charge in [0.1, 0.15) is 12.4 Å². The van der Waals surface area contributed by atoms with Crippen molar-refractivity contribution in [3.8, 4) is 5.75 Å². The molecule has 0 heterocycles. The molecule has 8 heteroatoms. The van der Waals surface area contributed by atoms with Crippen molar-refractivity contribution in [2.24, 2.45) is 0 Å². The predicted molar refractivity (Wildman–Crippen MR) is 104 cm³/mol. The van der Waals surface area contributed by atoms with E-state index < -0.39 is 5.91 Å². The third-order valence-electron chi connectivity index (χ3n) is 3.08. The van der Waals surface area contributed by atoms with Gasteiger partial charge in [0.05, 0.1) is 22.9 Å². The van der Waals surface area contributed by atoms with Crippen molar-refractivity contribution >= 4 is 52.1 Å². The largest absolute Gasteiger partial charge is 0.490 e. The molecule has 0 aliphatic carbocycles. The van der Waals surface area contributed by atoms with E-state index in [4.69, 9.17) is 44.9 Å². The second-order valence-corrected chi connectivity index (χ2v) is 6.12. The molecule has 0 fully saturated rings. The molecule has 0 bridgehead atoms. The summed E-state index contributed by atoms with van der Waals surface area (Å²) >= 11 is 17.2. The number of anilines is 1. The number of hydrogen-bond acceptors (Lipinski definition) is 4. The number of carbonyl (C=O) groups excluding carboxylic acids is 1. The molecular formula is C17H16Cl2N2O3S. The Morgan fingerprint density at radius 3 is 2.68 bits per heavy atom. The summed E-state index contributed by atoms with van der Waals surface area (Å²) in [6.45, 7) is 0.755. The molecule has 2 aromatic carbocycles. The topological polar surface area (TPSA) is 59.6 Å². The Morgan fingerprint density at radius 1 is 1.16 bits per heavy atom. The number of ether oxygens (including phenoxy) is 2. The van der Waals surface area contributed by atoms with Crippen LogP contribution in [0.4, 0.5) is 5.69 Å². The summed E-state index contributed by atoms with van der Waals surface area (Å²) in [5.41, 5.74) is 0.865. The molecule has 0 radical (unpaired) electrons. The van der Waals surface area contributed by atoms with Gasteiger partial charge < -0.3 is 14.8 Å². The van der Waals surface area contributed by atoms with Gasteiger partial charge in [0.2, 0.25) is 0 Å². The summed E-state index contributed by atoms with van der Waals surface area (Å²) in [5.74, 6) is 0.0457. The molecule has 1 amide bonds. The van der Waals surface area contributed by atoms with Gasteiger partial charge in [0.15, 0.2) is 5.11 Å². The summed E-state index contributed by atoms with van der Waals surface area (Å²) in [4.78, 5) is 12.4. The van der Waals surface area contributed by atoms with Crippen LogP contribution in [0.3, 0.4) is 0 Å². The molecule has 2 aromatic rings. The van der Waals surface area contributed by atoms with Crippen LogP contribution in [0.1, 0.15) is 10.4 Å². The van der Waals surface area contributed by atoms with E-state index in [2.05, 4.69) is 10.6 Å². The minimum absolute atomic E-state index is 0.0980. The van der Waals surface area contributed by atoms with Gasteiger partial charge in [-0.05, 0) is 42.5 Å². The Kier molecular flexibility index (Phi) is 7.46. The van der Waals surface area contributed by atoms with E-state index in [1.807, 2.05) is 0 Å². The normalized spacial score (nSPS) is 10.2. The lowest BCUT2D eigenvalue weighted by atomic mass is 10.2. The first-order valence-electron chi connectivity index (χ1n) is 7.29. The zero-order chi connectivity index (χ0) is 18.2. The van der Waals surface area contributed by atoms with Crippen LogP contribution in [0.5, 0.6) is 5.75 Å². The van der Waals surface area contributed by atoms with Crippen molar-refractivity contribution in [3.05, 3.63) is 58.1 Å². The lowest BCUT2D eigenvalue weighted by molar-refractivity contribution is 0.0970. The van der Waals surface area contributed by atoms with Crippen LogP contribution in [0.15, 0.2) is 42.5 Å². The molecule has 0 unspecified atom stereocenters. The number of para-hydroxylation sites is 1. The van der Waals surface area contributed by atoms with E-state index in [0.29, 0.717) is 40.3 Å². The molecular weight excluding hydrogens is 383 g/mol. The smallest absolute Gasteiger partial charge is 0.261 e. The third kappa shape index (κ3) is 5.86. The highest BCUT2D eigenvalue weighted by Gasteiger charge is 2.14. The molecule has 0 spiro atoms. The number of hydrogen-bond donors (Lipinski definition) is 2. The zero-order valence-corrected chi connectivity index (χ0v) is 15.7. The van der Waals surface area contributed by atoms with Gasteiger partial charge >= 0.3 is 0 Å². The first-order valence-corrected chi connectivity index (χ1v) is 8.46. The Labute approximate surface area is 161 Å². The fourth-order valence-corrected chi connectivity index (χ4v) is 2.47. The number of benzene rings is 2. The minimum Gasteiger partial charge on any atom is -0.490 e. The highest BCUT2D eigenvalue weighted by Crippen LogP contribution is 2.25. The molecule has 0 aromatic heterocycles. The lowest BCUT2D eigenvalue weighted by Crippen LogP contribution is -2.34. The average molecular weight is 399 g/mol. The molecule has 25 heavy (non-hydrogen) atoms. The lowest BCUT2D eigenvalue weighted by Gasteiger charge is -2.13. The SMILES string of the molecule is COCCOc1ccccc1C(=O)NC(=S)Nc1cc(Cl)ccc1Cl. The molecule has 0 saturated carbocycles. The zero-order valence-electron chi connectivity index (χ0n) is 13.3. The van der Waals surface area contributed by atoms with Gasteiger partial charge in [-0.25, -0.2) is 0 Å². The number of nitrogens with one attached hydrogen (secondary N) is 2. The molecule has 5 nitrogen and oxygen atoms in total. The van der Waals surface area contributed by atoms with Gasteiger partial charge in [-0.1, -0.05) is 35.3 Å². The standard InChI is InChI=1S/C17H16Cl2N2O3S/c1-23-8-9-24-15-5-3-2-4-12(15)16(22)21-17(25)20-14-10-11(18)6-7-13(14)19/h2-7,10H,8-9H2,1H3,(H2,20,21,22,25). The fourth-order valence-electron chi connectivity index (χ4n) is 1.93. The highest BCUT2D eigenvalue weighted by atomic mass is 35.5. The second kappa shape index (κ2) is 9.58. The minimum atomic E-state index is -0.399. The van der Waals surface area contributed by atoms with Crippen molar-refractivity contribution in [1.29, 1.82) is 0 Å². The van der Waals surface area contributed by atoms with Crippen LogP contribution in [0.25, 0.3) is 0 Å². The number of thiocarbonyl (C=S) groups is 1. The summed E-state index contributed by atoms with van der Waals surface area (Å²) in [6.07, 6.45) is 0. The van der Waals surface area contributed by atoms with E-state index in [0.717, 1.165) is 0 Å². The molecule has 0 aliphatic heterocycles. The van der Waals surface area contributed by atoms with Crippen LogP contribution < -0.4 is 15.4 Å². The number of amides is 1. The summed E-state index contributed by atoms with van der Waals surface area (Å²) in [7, 11) is 1.58. The Morgan fingerprint density at radius 2 is 1.92 bits per heavy atom. The maximum atomic E-state index is 12.4. The first-order chi connectivity index (χ1) is 12.0. The van der Waals surface area contributed by atoms with Crippen molar-refractivity contribution in [2.45, 2.75) is 0 Å². The summed E-state index contributed by atoms with van der Waals surface area (Å²) in [5, 5.41) is 6.47. The van der Waals surface area contributed by atoms with Crippen molar-refractivity contribution in [1.82, 2.24) is 5.32 Å². The third-order valence-corrected chi connectivity index (χ3v) is 3.85. The molecule has 132 valence electrons. The van der Waals surface area contributed by atoms with Crippen LogP contribution in [-0.2, 0) is 4.74 Å². The summed E-state index contributed by atoms with van der Waals surface area (Å²) < 4.78 is 10.5. The maximum Gasteiger partial charge on any atom is 0.261 e. The fraction of sp³-hybridized carbons (Fsp3) is 0.176. The van der Waals surface area contributed by atoms with Crippen LogP contribution in [-0.4, -0.2) is 31.3 Å². The van der Waals surface area contributed by atoms with Gasteiger partial charge in [-0.15, -0.1) is 0 Å². The predicted octanol–water partition coefficient (Wildman–Crippen LogP) is 4.15. The number of halogens is 2. The van der Waals surface area contributed by atoms with Crippen LogP contribution >= 0.6 is 35.4 Å². The van der Waals surface area contributed by atoms with Gasteiger partial charge in [-0.3, -0.25) is 10.1 Å². The first kappa shape index (κ1) is 19.5. The molecule has 0 atom stereocenters. The molecule has 0 aliphatic rings. The number of carbonyl (C=O) groups is 1. The van der Waals surface area contributed by atoms with Gasteiger partial charge in [0, 0.05) is 12.1 Å². The maximum absolute atomic E-state index is 12.4. The van der Waals surface area contributed by atoms with Crippen molar-refractivity contribution in [2.75, 3.05) is 25.6 Å². The van der Waals surface area contributed by atoms with Gasteiger partial charge in [-0.2, -0.15) is 0 Å². The van der Waals surface area contributed by atoms with Crippen LogP contribution in [0, 0.1) is 0 Å². The van der Waals surface area contributed by atoms with E-state index in [9.17, 15) is 4.79 Å². The Balaban J connectivity index is 2.04. The number of rotatable bonds is 6. The van der Waals surface area contributed by atoms with Crippen molar-refractivity contribution < 1.29 is 14.3 Å². The molecule has 0 saturated heterocycles. The summed E-state index contributed by atoms with van der Waals surface area (Å²) in [6, 6.07) is 11.8. The van der Waals surface area contributed by atoms with E-state index in [1.165, 1.54) is 0 Å². The number of methoxy groups -OCH3 is 1. The Hall–Kier alpha value is -1.86. The molecule has 2 rings (SSSR count). The van der Waals surface area contributed by atoms with E-state index in [1.54, 1.807) is 49.6 Å². The second-order valence-electron chi connectivity index (χ2n) is 4.87. The van der Waals surface area contributed by atoms with E-state index >= 15 is 0 Å². The van der Waals surface area contributed by atoms with E-state index in [-0.39, 0.29) is 5.11 Å². The quantitative estimate of drug-likeness (QED) is 0.565.